The van der Waals surface area contributed by atoms with Gasteiger partial charge in [0.05, 0.1) is 0 Å². The second-order valence-electron chi connectivity index (χ2n) is 7.69. The smallest absolute Gasteiger partial charge is 0.221 e. The third-order valence-electron chi connectivity index (χ3n) is 5.12. The molecule has 0 aliphatic carbocycles. The first kappa shape index (κ1) is 20.3. The van der Waals surface area contributed by atoms with Crippen LogP contribution < -0.4 is 10.6 Å². The van der Waals surface area contributed by atoms with Gasteiger partial charge in [-0.2, -0.15) is 0 Å². The summed E-state index contributed by atoms with van der Waals surface area (Å²) in [5.41, 5.74) is 2.49. The van der Waals surface area contributed by atoms with Gasteiger partial charge in [0.15, 0.2) is 5.96 Å². The Bertz CT molecular complexity index is 607. The van der Waals surface area contributed by atoms with Crippen LogP contribution in [0.25, 0.3) is 0 Å². The number of piperidine rings is 1. The fourth-order valence-electron chi connectivity index (χ4n) is 3.91. The molecule has 1 unspecified atom stereocenters. The molecule has 1 amide bonds. The van der Waals surface area contributed by atoms with Crippen LogP contribution in [0.4, 0.5) is 5.69 Å². The minimum Gasteiger partial charge on any atom is -0.356 e. The lowest BCUT2D eigenvalue weighted by atomic mass is 9.78. The van der Waals surface area contributed by atoms with Crippen molar-refractivity contribution in [3.8, 4) is 0 Å². The standard InChI is InChI=1S/C21H34N4O/c1-5-12-21(3)13-6-15-25(16-21)20(22-4)23-14-11-18-7-9-19(10-8-18)24-17(2)26/h7-10H,5-6,11-16H2,1-4H3,(H,22,23)(H,24,26). The molecule has 1 aliphatic rings. The number of carbonyl (C=O) groups is 1. The Kier molecular flexibility index (Phi) is 7.49. The van der Waals surface area contributed by atoms with E-state index < -0.39 is 0 Å². The molecule has 2 N–H and O–H groups in total. The lowest BCUT2D eigenvalue weighted by Gasteiger charge is -2.42. The van der Waals surface area contributed by atoms with Crippen molar-refractivity contribution in [3.63, 3.8) is 0 Å². The number of nitrogens with one attached hydrogen (secondary N) is 2. The van der Waals surface area contributed by atoms with E-state index in [2.05, 4.69) is 46.5 Å². The molecule has 1 fully saturated rings. The first-order valence-corrected chi connectivity index (χ1v) is 9.78. The van der Waals surface area contributed by atoms with E-state index in [1.54, 1.807) is 0 Å². The molecule has 2 rings (SSSR count). The van der Waals surface area contributed by atoms with E-state index in [0.717, 1.165) is 37.7 Å². The van der Waals surface area contributed by atoms with Gasteiger partial charge >= 0.3 is 0 Å². The highest BCUT2D eigenvalue weighted by Crippen LogP contribution is 2.33. The molecule has 0 bridgehead atoms. The molecular formula is C21H34N4O. The highest BCUT2D eigenvalue weighted by atomic mass is 16.1. The number of amides is 1. The summed E-state index contributed by atoms with van der Waals surface area (Å²) < 4.78 is 0. The molecule has 5 nitrogen and oxygen atoms in total. The zero-order chi connectivity index (χ0) is 19.0. The molecule has 0 aromatic heterocycles. The number of hydrogen-bond acceptors (Lipinski definition) is 2. The second kappa shape index (κ2) is 9.60. The van der Waals surface area contributed by atoms with E-state index in [4.69, 9.17) is 0 Å². The summed E-state index contributed by atoms with van der Waals surface area (Å²) in [6.45, 7) is 9.24. The summed E-state index contributed by atoms with van der Waals surface area (Å²) in [6, 6.07) is 8.03. The first-order valence-electron chi connectivity index (χ1n) is 9.78. The Morgan fingerprint density at radius 1 is 1.31 bits per heavy atom. The Balaban J connectivity index is 1.84. The molecule has 1 saturated heterocycles. The normalized spacial score (nSPS) is 20.8. The van der Waals surface area contributed by atoms with Crippen LogP contribution in [0, 0.1) is 5.41 Å². The lowest BCUT2D eigenvalue weighted by molar-refractivity contribution is -0.114. The second-order valence-corrected chi connectivity index (χ2v) is 7.69. The molecule has 1 aromatic rings. The Morgan fingerprint density at radius 2 is 2.04 bits per heavy atom. The van der Waals surface area contributed by atoms with E-state index in [0.29, 0.717) is 5.41 Å². The minimum atomic E-state index is -0.0418. The topological polar surface area (TPSA) is 56.7 Å². The summed E-state index contributed by atoms with van der Waals surface area (Å²) in [6.07, 6.45) is 6.00. The van der Waals surface area contributed by atoms with Gasteiger partial charge in [-0.3, -0.25) is 9.79 Å². The van der Waals surface area contributed by atoms with Gasteiger partial charge in [-0.25, -0.2) is 0 Å². The molecule has 1 aliphatic heterocycles. The number of rotatable bonds is 6. The fourth-order valence-corrected chi connectivity index (χ4v) is 3.91. The predicted octanol–water partition coefficient (Wildman–Crippen LogP) is 3.67. The number of carbonyl (C=O) groups excluding carboxylic acids is 1. The van der Waals surface area contributed by atoms with Crippen molar-refractivity contribution < 1.29 is 4.79 Å². The van der Waals surface area contributed by atoms with Gasteiger partial charge < -0.3 is 15.5 Å². The third kappa shape index (κ3) is 6.04. The van der Waals surface area contributed by atoms with E-state index in [9.17, 15) is 4.79 Å². The predicted molar refractivity (Wildman–Crippen MR) is 110 cm³/mol. The number of nitrogens with zero attached hydrogens (tertiary/aromatic N) is 2. The van der Waals surface area contributed by atoms with Crippen LogP contribution in [0.1, 0.15) is 52.0 Å². The SMILES string of the molecule is CCCC1(C)CCCN(C(=NC)NCCc2ccc(NC(C)=O)cc2)C1. The van der Waals surface area contributed by atoms with Crippen molar-refractivity contribution in [3.05, 3.63) is 29.8 Å². The minimum absolute atomic E-state index is 0.0418. The van der Waals surface area contributed by atoms with Crippen LogP contribution in [0.5, 0.6) is 0 Å². The van der Waals surface area contributed by atoms with E-state index in [-0.39, 0.29) is 5.91 Å². The van der Waals surface area contributed by atoms with Gasteiger partial charge in [-0.15, -0.1) is 0 Å². The number of benzene rings is 1. The maximum Gasteiger partial charge on any atom is 0.221 e. The third-order valence-corrected chi connectivity index (χ3v) is 5.12. The summed E-state index contributed by atoms with van der Waals surface area (Å²) in [5.74, 6) is 0.974. The van der Waals surface area contributed by atoms with Crippen molar-refractivity contribution in [1.29, 1.82) is 0 Å². The van der Waals surface area contributed by atoms with Gasteiger partial charge in [0.2, 0.25) is 5.91 Å². The average molecular weight is 359 g/mol. The molecule has 144 valence electrons. The molecule has 1 atom stereocenters. The van der Waals surface area contributed by atoms with Crippen LogP contribution in [0.2, 0.25) is 0 Å². The number of hydrogen-bond donors (Lipinski definition) is 2. The number of anilines is 1. The summed E-state index contributed by atoms with van der Waals surface area (Å²) in [5, 5.41) is 6.32. The van der Waals surface area contributed by atoms with E-state index in [1.807, 2.05) is 19.2 Å². The molecule has 0 saturated carbocycles. The van der Waals surface area contributed by atoms with Crippen molar-refractivity contribution in [1.82, 2.24) is 10.2 Å². The first-order chi connectivity index (χ1) is 12.5. The highest BCUT2D eigenvalue weighted by Gasteiger charge is 2.31. The Hall–Kier alpha value is -2.04. The average Bonchev–Trinajstić information content (AvgIpc) is 2.59. The number of aliphatic imine (C=N–C) groups is 1. The molecule has 0 spiro atoms. The molecule has 0 radical (unpaired) electrons. The summed E-state index contributed by atoms with van der Waals surface area (Å²) in [4.78, 5) is 18.0. The van der Waals surface area contributed by atoms with Crippen LogP contribution in [-0.4, -0.2) is 43.4 Å². The fraction of sp³-hybridized carbons (Fsp3) is 0.619. The lowest BCUT2D eigenvalue weighted by Crippen LogP contribution is -2.50. The number of likely N-dealkylation sites (tertiary alicyclic amines) is 1. The van der Waals surface area contributed by atoms with Crippen LogP contribution in [0.3, 0.4) is 0 Å². The quantitative estimate of drug-likeness (QED) is 0.603. The van der Waals surface area contributed by atoms with Gasteiger partial charge in [-0.1, -0.05) is 32.4 Å². The van der Waals surface area contributed by atoms with Gasteiger partial charge in [0.1, 0.15) is 0 Å². The molecular weight excluding hydrogens is 324 g/mol. The van der Waals surface area contributed by atoms with Crippen molar-refractivity contribution >= 4 is 17.6 Å². The Morgan fingerprint density at radius 3 is 2.65 bits per heavy atom. The van der Waals surface area contributed by atoms with E-state index in [1.165, 1.54) is 38.2 Å². The highest BCUT2D eigenvalue weighted by molar-refractivity contribution is 5.88. The number of guanidine groups is 1. The summed E-state index contributed by atoms with van der Waals surface area (Å²) >= 11 is 0. The van der Waals surface area contributed by atoms with Crippen molar-refractivity contribution in [2.45, 2.75) is 52.9 Å². The van der Waals surface area contributed by atoms with Gasteiger partial charge in [0, 0.05) is 39.3 Å². The zero-order valence-corrected chi connectivity index (χ0v) is 16.8. The monoisotopic (exact) mass is 358 g/mol. The largest absolute Gasteiger partial charge is 0.356 e. The zero-order valence-electron chi connectivity index (χ0n) is 16.8. The molecule has 1 heterocycles. The maximum absolute atomic E-state index is 11.1. The van der Waals surface area contributed by atoms with Crippen molar-refractivity contribution in [2.24, 2.45) is 10.4 Å². The Labute approximate surface area is 158 Å². The molecule has 26 heavy (non-hydrogen) atoms. The van der Waals surface area contributed by atoms with Gasteiger partial charge in [-0.05, 0) is 48.8 Å². The maximum atomic E-state index is 11.1. The van der Waals surface area contributed by atoms with Crippen LogP contribution in [-0.2, 0) is 11.2 Å². The summed E-state index contributed by atoms with van der Waals surface area (Å²) in [7, 11) is 1.87. The van der Waals surface area contributed by atoms with Gasteiger partial charge in [0.25, 0.3) is 0 Å². The van der Waals surface area contributed by atoms with Crippen molar-refractivity contribution in [2.75, 3.05) is 32.0 Å². The molecule has 1 aromatic carbocycles. The molecule has 5 heteroatoms. The van der Waals surface area contributed by atoms with Crippen LogP contribution >= 0.6 is 0 Å². The van der Waals surface area contributed by atoms with E-state index >= 15 is 0 Å². The van der Waals surface area contributed by atoms with Crippen LogP contribution in [0.15, 0.2) is 29.3 Å².